The molecule has 1 aliphatic rings. The average Bonchev–Trinajstić information content (AvgIpc) is 2.13. The predicted molar refractivity (Wildman–Crippen MR) is 67.2 cm³/mol. The van der Waals surface area contributed by atoms with Crippen molar-refractivity contribution in [1.29, 1.82) is 0 Å². The van der Waals surface area contributed by atoms with Gasteiger partial charge in [-0.25, -0.2) is 0 Å². The Kier molecular flexibility index (Phi) is 2.26. The summed E-state index contributed by atoms with van der Waals surface area (Å²) < 4.78 is 0. The van der Waals surface area contributed by atoms with Gasteiger partial charge in [-0.05, 0) is 60.4 Å². The lowest BCUT2D eigenvalue weighted by molar-refractivity contribution is 0.473. The van der Waals surface area contributed by atoms with Crippen molar-refractivity contribution in [3.05, 3.63) is 40.0 Å². The zero-order valence-corrected chi connectivity index (χ0v) is 10.4. The lowest BCUT2D eigenvalue weighted by atomic mass is 9.76. The molecule has 0 nitrogen and oxygen atoms in total. The Morgan fingerprint density at radius 1 is 1.07 bits per heavy atom. The Labute approximate surface area is 93.0 Å². The van der Waals surface area contributed by atoms with E-state index in [1.165, 1.54) is 28.7 Å². The molecular weight excluding hydrogens is 180 g/mol. The van der Waals surface area contributed by atoms with E-state index < -0.39 is 0 Å². The highest BCUT2D eigenvalue weighted by molar-refractivity contribution is 5.64. The van der Waals surface area contributed by atoms with E-state index in [0.717, 1.165) is 0 Å². The minimum atomic E-state index is 0.317. The number of fused-ring (bicyclic) bond motifs is 1. The maximum Gasteiger partial charge on any atom is -0.0131 e. The van der Waals surface area contributed by atoms with Gasteiger partial charge < -0.3 is 0 Å². The Balaban J connectivity index is 2.66. The van der Waals surface area contributed by atoms with E-state index in [1.807, 2.05) is 0 Å². The highest BCUT2D eigenvalue weighted by Gasteiger charge is 2.23. The molecule has 1 aromatic rings. The van der Waals surface area contributed by atoms with Gasteiger partial charge in [0.1, 0.15) is 0 Å². The van der Waals surface area contributed by atoms with Crippen LogP contribution in [0.15, 0.2) is 12.1 Å². The van der Waals surface area contributed by atoms with Crippen LogP contribution in [0.2, 0.25) is 0 Å². The second kappa shape index (κ2) is 3.23. The second-order valence-electron chi connectivity index (χ2n) is 5.53. The van der Waals surface area contributed by atoms with Crippen LogP contribution in [0.4, 0.5) is 0 Å². The molecule has 0 N–H and O–H groups in total. The molecular formula is C15H20. The maximum atomic E-state index is 2.34. The number of benzene rings is 1. The number of hydrogen-bond donors (Lipinski definition) is 0. The van der Waals surface area contributed by atoms with E-state index in [4.69, 9.17) is 0 Å². The van der Waals surface area contributed by atoms with Gasteiger partial charge in [-0.2, -0.15) is 0 Å². The van der Waals surface area contributed by atoms with E-state index in [0.29, 0.717) is 5.41 Å². The second-order valence-corrected chi connectivity index (χ2v) is 5.53. The number of aryl methyl sites for hydroxylation is 2. The van der Waals surface area contributed by atoms with Crippen molar-refractivity contribution in [3.63, 3.8) is 0 Å². The van der Waals surface area contributed by atoms with Gasteiger partial charge in [-0.1, -0.05) is 32.1 Å². The van der Waals surface area contributed by atoms with E-state index in [2.05, 4.69) is 52.8 Å². The predicted octanol–water partition coefficient (Wildman–Crippen LogP) is 4.21. The standard InChI is InChI=1S/C15H20/c1-10-8-11(2)13-6-7-15(4,5)9-14(13)12(10)3/h6-8H,9H2,1-5H3. The lowest BCUT2D eigenvalue weighted by Crippen LogP contribution is -2.17. The highest BCUT2D eigenvalue weighted by atomic mass is 14.3. The van der Waals surface area contributed by atoms with Crippen molar-refractivity contribution in [2.24, 2.45) is 5.41 Å². The Hall–Kier alpha value is -1.04. The quantitative estimate of drug-likeness (QED) is 0.588. The third kappa shape index (κ3) is 1.73. The smallest absolute Gasteiger partial charge is 0.0131 e. The first-order chi connectivity index (χ1) is 6.91. The summed E-state index contributed by atoms with van der Waals surface area (Å²) in [7, 11) is 0. The largest absolute Gasteiger partial charge is 0.0779 e. The molecule has 2 rings (SSSR count). The van der Waals surface area contributed by atoms with E-state index in [9.17, 15) is 0 Å². The molecule has 0 aromatic heterocycles. The van der Waals surface area contributed by atoms with Gasteiger partial charge in [-0.15, -0.1) is 0 Å². The zero-order valence-electron chi connectivity index (χ0n) is 10.4. The van der Waals surface area contributed by atoms with Gasteiger partial charge in [0, 0.05) is 0 Å². The number of rotatable bonds is 0. The molecule has 0 bridgehead atoms. The van der Waals surface area contributed by atoms with Gasteiger partial charge in [-0.3, -0.25) is 0 Å². The average molecular weight is 200 g/mol. The highest BCUT2D eigenvalue weighted by Crippen LogP contribution is 2.35. The fourth-order valence-electron chi connectivity index (χ4n) is 2.47. The maximum absolute atomic E-state index is 2.34. The van der Waals surface area contributed by atoms with Gasteiger partial charge in [0.25, 0.3) is 0 Å². The summed E-state index contributed by atoms with van der Waals surface area (Å²) in [6, 6.07) is 2.30. The first-order valence-electron chi connectivity index (χ1n) is 5.70. The number of allylic oxidation sites excluding steroid dienone is 1. The SMILES string of the molecule is Cc1cc(C)c2c(c1C)CC(C)(C)C=C2. The molecule has 0 fully saturated rings. The topological polar surface area (TPSA) is 0 Å². The summed E-state index contributed by atoms with van der Waals surface area (Å²) in [5.41, 5.74) is 7.65. The van der Waals surface area contributed by atoms with E-state index >= 15 is 0 Å². The van der Waals surface area contributed by atoms with Crippen molar-refractivity contribution < 1.29 is 0 Å². The van der Waals surface area contributed by atoms with Crippen LogP contribution in [-0.2, 0) is 6.42 Å². The minimum Gasteiger partial charge on any atom is -0.0779 e. The molecule has 0 heteroatoms. The van der Waals surface area contributed by atoms with Crippen molar-refractivity contribution in [1.82, 2.24) is 0 Å². The van der Waals surface area contributed by atoms with Crippen LogP contribution in [0, 0.1) is 26.2 Å². The summed E-state index contributed by atoms with van der Waals surface area (Å²) in [5.74, 6) is 0. The molecule has 1 aliphatic carbocycles. The van der Waals surface area contributed by atoms with Crippen LogP contribution in [0.3, 0.4) is 0 Å². The van der Waals surface area contributed by atoms with Crippen LogP contribution in [0.25, 0.3) is 6.08 Å². The van der Waals surface area contributed by atoms with E-state index in [-0.39, 0.29) is 0 Å². The van der Waals surface area contributed by atoms with Crippen molar-refractivity contribution >= 4 is 6.08 Å². The fourth-order valence-corrected chi connectivity index (χ4v) is 2.47. The number of hydrogen-bond acceptors (Lipinski definition) is 0. The molecule has 0 radical (unpaired) electrons. The van der Waals surface area contributed by atoms with Crippen LogP contribution >= 0.6 is 0 Å². The Bertz CT molecular complexity index is 434. The minimum absolute atomic E-state index is 0.317. The molecule has 0 spiro atoms. The molecule has 0 unspecified atom stereocenters. The molecule has 0 saturated carbocycles. The summed E-state index contributed by atoms with van der Waals surface area (Å²) >= 11 is 0. The molecule has 15 heavy (non-hydrogen) atoms. The van der Waals surface area contributed by atoms with Crippen LogP contribution in [0.5, 0.6) is 0 Å². The van der Waals surface area contributed by atoms with Gasteiger partial charge >= 0.3 is 0 Å². The Morgan fingerprint density at radius 2 is 1.73 bits per heavy atom. The summed E-state index contributed by atoms with van der Waals surface area (Å²) in [6.45, 7) is 11.3. The summed E-state index contributed by atoms with van der Waals surface area (Å²) in [4.78, 5) is 0. The van der Waals surface area contributed by atoms with Crippen molar-refractivity contribution in [2.45, 2.75) is 41.0 Å². The zero-order chi connectivity index (χ0) is 11.2. The normalized spacial score (nSPS) is 17.7. The molecule has 0 saturated heterocycles. The van der Waals surface area contributed by atoms with Gasteiger partial charge in [0.15, 0.2) is 0 Å². The monoisotopic (exact) mass is 200 g/mol. The molecule has 1 aromatic carbocycles. The Morgan fingerprint density at radius 3 is 2.40 bits per heavy atom. The van der Waals surface area contributed by atoms with Crippen LogP contribution in [-0.4, -0.2) is 0 Å². The summed E-state index contributed by atoms with van der Waals surface area (Å²) in [6.07, 6.45) is 5.82. The summed E-state index contributed by atoms with van der Waals surface area (Å²) in [5, 5.41) is 0. The third-order valence-corrected chi connectivity index (χ3v) is 3.56. The first-order valence-corrected chi connectivity index (χ1v) is 5.70. The van der Waals surface area contributed by atoms with Crippen LogP contribution < -0.4 is 0 Å². The molecule has 0 amide bonds. The van der Waals surface area contributed by atoms with Gasteiger partial charge in [0.2, 0.25) is 0 Å². The van der Waals surface area contributed by atoms with E-state index in [1.54, 1.807) is 5.56 Å². The fraction of sp³-hybridized carbons (Fsp3) is 0.467. The molecule has 0 aliphatic heterocycles. The van der Waals surface area contributed by atoms with Gasteiger partial charge in [0.05, 0.1) is 0 Å². The lowest BCUT2D eigenvalue weighted by Gasteiger charge is -2.29. The molecule has 0 atom stereocenters. The first kappa shape index (κ1) is 10.5. The van der Waals surface area contributed by atoms with Crippen molar-refractivity contribution in [2.75, 3.05) is 0 Å². The van der Waals surface area contributed by atoms with Crippen LogP contribution in [0.1, 0.15) is 41.7 Å². The third-order valence-electron chi connectivity index (χ3n) is 3.56. The molecule has 80 valence electrons. The van der Waals surface area contributed by atoms with Crippen molar-refractivity contribution in [3.8, 4) is 0 Å². The molecule has 0 heterocycles.